The van der Waals surface area contributed by atoms with Crippen molar-refractivity contribution < 1.29 is 43.9 Å². The minimum atomic E-state index is -1.40. The number of carbonyl (C=O) groups is 2. The molecule has 0 saturated carbocycles. The van der Waals surface area contributed by atoms with E-state index in [0.29, 0.717) is 77.3 Å². The van der Waals surface area contributed by atoms with Gasteiger partial charge in [-0.05, 0) is 69.0 Å². The van der Waals surface area contributed by atoms with Crippen LogP contribution < -0.4 is 24.3 Å². The Hall–Kier alpha value is -6.46. The number of ether oxygens (including phenoxy) is 4. The maximum absolute atomic E-state index is 12.3. The molecule has 4 N–H and O–H groups in total. The Bertz CT molecular complexity index is 2780. The molecule has 2 heterocycles. The summed E-state index contributed by atoms with van der Waals surface area (Å²) in [6.07, 6.45) is 6.34. The molecule has 6 aromatic rings. The average Bonchev–Trinajstić information content (AvgIpc) is 3.36. The van der Waals surface area contributed by atoms with Crippen molar-refractivity contribution in [3.63, 3.8) is 0 Å². The first-order chi connectivity index (χ1) is 33.5. The summed E-state index contributed by atoms with van der Waals surface area (Å²) in [6, 6.07) is 22.8. The Kier molecular flexibility index (Phi) is 18.1. The van der Waals surface area contributed by atoms with E-state index >= 15 is 0 Å². The number of benzene rings is 4. The number of aromatic nitrogens is 2. The number of nitriles is 1. The number of hydrogen-bond donors (Lipinski definition) is 4. The van der Waals surface area contributed by atoms with Crippen molar-refractivity contribution in [1.82, 2.24) is 15.3 Å². The second kappa shape index (κ2) is 23.9. The van der Waals surface area contributed by atoms with Crippen LogP contribution in [-0.4, -0.2) is 55.8 Å². The van der Waals surface area contributed by atoms with E-state index in [0.717, 1.165) is 0 Å². The van der Waals surface area contributed by atoms with Gasteiger partial charge in [0.2, 0.25) is 5.69 Å². The zero-order chi connectivity index (χ0) is 50.6. The minimum absolute atomic E-state index is 0.0130. The number of carboxylic acids is 1. The highest BCUT2D eigenvalue weighted by Gasteiger charge is 2.33. The number of halogens is 4. The number of rotatable bonds is 23. The van der Waals surface area contributed by atoms with Gasteiger partial charge in [-0.2, -0.15) is 5.26 Å². The number of carbonyl (C=O) groups excluding carboxylic acids is 1. The zero-order valence-electron chi connectivity index (χ0n) is 38.2. The minimum Gasteiger partial charge on any atom is -0.488 e. The first kappa shape index (κ1) is 52.9. The first-order valence-corrected chi connectivity index (χ1v) is 23.1. The summed E-state index contributed by atoms with van der Waals surface area (Å²) in [5.41, 5.74) is 2.97. The van der Waals surface area contributed by atoms with E-state index in [4.69, 9.17) is 71.9 Å². The van der Waals surface area contributed by atoms with E-state index in [9.17, 15) is 30.2 Å². The monoisotopic (exact) mass is 1030 g/mol. The van der Waals surface area contributed by atoms with Crippen LogP contribution >= 0.6 is 46.4 Å². The van der Waals surface area contributed by atoms with Gasteiger partial charge in [-0.3, -0.25) is 24.9 Å². The summed E-state index contributed by atoms with van der Waals surface area (Å²) in [7, 11) is 0. The van der Waals surface area contributed by atoms with Crippen molar-refractivity contribution in [2.75, 3.05) is 13.2 Å². The highest BCUT2D eigenvalue weighted by Crippen LogP contribution is 2.41. The van der Waals surface area contributed by atoms with Gasteiger partial charge in [0.1, 0.15) is 55.5 Å². The Labute approximate surface area is 425 Å². The number of aryl methyl sites for hydroxylation is 1. The molecule has 18 heteroatoms. The topological polar surface area (TPSA) is 198 Å². The van der Waals surface area contributed by atoms with Crippen molar-refractivity contribution in [2.45, 2.75) is 72.1 Å². The molecule has 70 heavy (non-hydrogen) atoms. The lowest BCUT2D eigenvalue weighted by Crippen LogP contribution is -2.51. The number of Topliss-reactive ketones (excluding diaryl/α,β-unsaturated/α-hetero) is 1. The molecule has 0 aliphatic rings. The molecule has 0 aliphatic carbocycles. The van der Waals surface area contributed by atoms with Crippen LogP contribution in [0.3, 0.4) is 0 Å². The molecule has 2 aromatic heterocycles. The molecule has 362 valence electrons. The molecule has 4 aromatic carbocycles. The highest BCUT2D eigenvalue weighted by molar-refractivity contribution is 6.37. The Balaban J connectivity index is 1.22. The Morgan fingerprint density at radius 3 is 1.76 bits per heavy atom. The van der Waals surface area contributed by atoms with E-state index in [2.05, 4.69) is 26.2 Å². The predicted octanol–water partition coefficient (Wildman–Crippen LogP) is 10.9. The quantitative estimate of drug-likeness (QED) is 0.0443. The molecule has 0 amide bonds. The maximum Gasteiger partial charge on any atom is 0.311 e. The fourth-order valence-corrected chi connectivity index (χ4v) is 7.94. The second-order valence-corrected chi connectivity index (χ2v) is 18.3. The van der Waals surface area contributed by atoms with Crippen molar-refractivity contribution in [2.24, 2.45) is 5.41 Å². The van der Waals surface area contributed by atoms with E-state index in [1.165, 1.54) is 26.2 Å². The van der Waals surface area contributed by atoms with Gasteiger partial charge in [0.05, 0.1) is 56.4 Å². The number of aliphatic hydroxyl groups is 2. The molecule has 0 fully saturated rings. The van der Waals surface area contributed by atoms with Crippen LogP contribution in [0, 0.1) is 23.3 Å². The highest BCUT2D eigenvalue weighted by atomic mass is 35.5. The normalized spacial score (nSPS) is 12.7. The number of pyridine rings is 2. The largest absolute Gasteiger partial charge is 0.488 e. The predicted molar refractivity (Wildman–Crippen MR) is 266 cm³/mol. The summed E-state index contributed by atoms with van der Waals surface area (Å²) in [4.78, 5) is 36.0. The zero-order valence-corrected chi connectivity index (χ0v) is 41.2. The molecule has 0 spiro atoms. The number of aliphatic carboxylic acids is 1. The lowest BCUT2D eigenvalue weighted by molar-refractivity contribution is -0.150. The molecule has 0 radical (unpaired) electrons. The third-order valence-electron chi connectivity index (χ3n) is 11.6. The van der Waals surface area contributed by atoms with Gasteiger partial charge in [-0.15, -0.1) is 0 Å². The van der Waals surface area contributed by atoms with Gasteiger partial charge in [0.25, 0.3) is 0 Å². The number of hydrogen-bond acceptors (Lipinski definition) is 12. The standard InChI is InChI=1S/C52H47Cl4N5O9/c1-31(64)52(3,30-63)61-23-38-16-43(54)47(18-45(38)68-25-33-13-32(19-57)20-59-21-33)70-28-37-8-6-10-41(49(37)56)40-9-5-7-36(48(40)55)27-69-46-17-44(67-26-34-14-39(58-4)24-60-22-34)35(15-42(46)53)11-12-51(2,29-62)50(65)66/h5-10,13-18,20-22,24,61-63H,11-12,23,25-30H2,1-3H3,(H,65,66)/t51-,52-/m0/s1. The molecule has 0 aliphatic heterocycles. The number of nitrogens with zero attached hydrogens (tertiary/aromatic N) is 4. The van der Waals surface area contributed by atoms with Crippen LogP contribution in [0.4, 0.5) is 5.69 Å². The summed E-state index contributed by atoms with van der Waals surface area (Å²) in [5.74, 6) is -0.136. The Morgan fingerprint density at radius 2 is 1.24 bits per heavy atom. The SMILES string of the molecule is [C-]#[N+]c1cncc(COc2cc(OCc3cccc(-c4cccc(COc5cc(OCc6cncc(C#N)c6)c(CN[C@@](C)(CO)C(C)=O)cc5Cl)c4Cl)c3Cl)c(Cl)cc2CC[C@@](C)(CO)C(=O)O)c1. The van der Waals surface area contributed by atoms with Gasteiger partial charge in [-0.1, -0.05) is 82.8 Å². The van der Waals surface area contributed by atoms with E-state index < -0.39 is 30.1 Å². The molecule has 0 saturated heterocycles. The van der Waals surface area contributed by atoms with Gasteiger partial charge in [-0.25, -0.2) is 4.85 Å². The third kappa shape index (κ3) is 13.0. The van der Waals surface area contributed by atoms with Gasteiger partial charge >= 0.3 is 5.97 Å². The number of carboxylic acid groups (broad SMARTS) is 1. The van der Waals surface area contributed by atoms with Crippen LogP contribution in [0.1, 0.15) is 66.1 Å². The summed E-state index contributed by atoms with van der Waals surface area (Å²) < 4.78 is 24.9. The molecular formula is C52H47Cl4N5O9. The van der Waals surface area contributed by atoms with Crippen LogP contribution in [0.2, 0.25) is 20.1 Å². The molecule has 14 nitrogen and oxygen atoms in total. The third-order valence-corrected chi connectivity index (χ3v) is 13.1. The number of aliphatic hydroxyl groups excluding tert-OH is 2. The maximum atomic E-state index is 12.3. The van der Waals surface area contributed by atoms with E-state index in [-0.39, 0.29) is 73.1 Å². The molecular weight excluding hydrogens is 980 g/mol. The molecule has 6 rings (SSSR count). The van der Waals surface area contributed by atoms with Crippen molar-refractivity contribution in [1.29, 1.82) is 5.26 Å². The van der Waals surface area contributed by atoms with Crippen LogP contribution in [0.15, 0.2) is 97.6 Å². The van der Waals surface area contributed by atoms with Gasteiger partial charge in [0.15, 0.2) is 5.78 Å². The number of ketones is 1. The molecule has 2 atom stereocenters. The van der Waals surface area contributed by atoms with Crippen LogP contribution in [0.25, 0.3) is 16.0 Å². The van der Waals surface area contributed by atoms with Crippen molar-refractivity contribution >= 4 is 63.8 Å². The number of nitrogens with one attached hydrogen (secondary N) is 1. The fourth-order valence-electron chi connectivity index (χ4n) is 6.89. The van der Waals surface area contributed by atoms with Crippen molar-refractivity contribution in [3.8, 4) is 40.2 Å². The Morgan fingerprint density at radius 1 is 0.714 bits per heavy atom. The van der Waals surface area contributed by atoms with Crippen LogP contribution in [-0.2, 0) is 49.0 Å². The fraction of sp³-hybridized carbons (Fsp3) is 0.269. The summed E-state index contributed by atoms with van der Waals surface area (Å²) in [5, 5.41) is 43.3. The van der Waals surface area contributed by atoms with Crippen molar-refractivity contribution in [3.05, 3.63) is 168 Å². The first-order valence-electron chi connectivity index (χ1n) is 21.6. The summed E-state index contributed by atoms with van der Waals surface area (Å²) in [6.45, 7) is 10.9. The molecule has 0 unspecified atom stereocenters. The van der Waals surface area contributed by atoms with Crippen LogP contribution in [0.5, 0.6) is 23.0 Å². The summed E-state index contributed by atoms with van der Waals surface area (Å²) >= 11 is 27.7. The smallest absolute Gasteiger partial charge is 0.311 e. The second-order valence-electron chi connectivity index (χ2n) is 16.8. The van der Waals surface area contributed by atoms with Gasteiger partial charge < -0.3 is 34.3 Å². The average molecular weight is 1030 g/mol. The van der Waals surface area contributed by atoms with E-state index in [1.54, 1.807) is 67.8 Å². The molecule has 0 bridgehead atoms. The van der Waals surface area contributed by atoms with Gasteiger partial charge in [0, 0.05) is 76.8 Å². The van der Waals surface area contributed by atoms with E-state index in [1.807, 2.05) is 24.3 Å². The lowest BCUT2D eigenvalue weighted by atomic mass is 9.85. The lowest BCUT2D eigenvalue weighted by Gasteiger charge is -2.26.